The predicted molar refractivity (Wildman–Crippen MR) is 103 cm³/mol. The fourth-order valence-electron chi connectivity index (χ4n) is 3.91. The number of halogens is 3. The van der Waals surface area contributed by atoms with Gasteiger partial charge in [-0.2, -0.15) is 13.2 Å². The number of para-hydroxylation sites is 2. The van der Waals surface area contributed by atoms with E-state index in [2.05, 4.69) is 6.58 Å². The van der Waals surface area contributed by atoms with E-state index < -0.39 is 11.7 Å². The number of carbonyl (C=O) groups excluding carboxylic acids is 1. The van der Waals surface area contributed by atoms with Crippen LogP contribution in [-0.2, 0) is 11.0 Å². The zero-order valence-electron chi connectivity index (χ0n) is 15.5. The average Bonchev–Trinajstić information content (AvgIpc) is 3.28. The van der Waals surface area contributed by atoms with Crippen LogP contribution in [-0.4, -0.2) is 33.0 Å². The molecule has 2 heterocycles. The molecular formula is C21H19F3N4O. The second kappa shape index (κ2) is 6.95. The molecule has 4 rings (SSSR count). The number of imidazole rings is 1. The number of fused-ring (bicyclic) bond motifs is 1. The number of benzene rings is 2. The largest absolute Gasteiger partial charge is 0.416 e. The molecule has 0 spiro atoms. The molecule has 8 heteroatoms. The smallest absolute Gasteiger partial charge is 0.337 e. The summed E-state index contributed by atoms with van der Waals surface area (Å²) in [5, 5.41) is 8.75. The van der Waals surface area contributed by atoms with Gasteiger partial charge in [0, 0.05) is 18.8 Å². The lowest BCUT2D eigenvalue weighted by Crippen LogP contribution is -2.31. The maximum absolute atomic E-state index is 12.9. The van der Waals surface area contributed by atoms with E-state index in [1.54, 1.807) is 9.47 Å². The topological polar surface area (TPSA) is 54.0 Å². The molecule has 0 bridgehead atoms. The number of alkyl halides is 3. The first-order valence-corrected chi connectivity index (χ1v) is 9.17. The maximum atomic E-state index is 12.9. The molecule has 1 atom stereocenters. The van der Waals surface area contributed by atoms with Gasteiger partial charge in [-0.15, -0.1) is 0 Å². The van der Waals surface area contributed by atoms with Crippen LogP contribution in [0.15, 0.2) is 61.2 Å². The Morgan fingerprint density at radius 2 is 1.76 bits per heavy atom. The number of rotatable bonds is 3. The number of carbonyl (C=O) groups is 1. The van der Waals surface area contributed by atoms with E-state index in [4.69, 9.17) is 5.41 Å². The zero-order valence-corrected chi connectivity index (χ0v) is 15.5. The summed E-state index contributed by atoms with van der Waals surface area (Å²) >= 11 is 0. The van der Waals surface area contributed by atoms with Crippen molar-refractivity contribution in [1.29, 1.82) is 5.41 Å². The van der Waals surface area contributed by atoms with E-state index in [-0.39, 0.29) is 17.6 Å². The Labute approximate surface area is 164 Å². The highest BCUT2D eigenvalue weighted by atomic mass is 19.4. The highest BCUT2D eigenvalue weighted by Gasteiger charge is 2.31. The number of likely N-dealkylation sites (tertiary alicyclic amines) is 1. The third-order valence-corrected chi connectivity index (χ3v) is 5.29. The van der Waals surface area contributed by atoms with E-state index in [9.17, 15) is 18.0 Å². The number of nitrogens with zero attached hydrogens (tertiary/aromatic N) is 3. The van der Waals surface area contributed by atoms with Crippen molar-refractivity contribution in [2.24, 2.45) is 0 Å². The zero-order chi connectivity index (χ0) is 20.8. The van der Waals surface area contributed by atoms with E-state index >= 15 is 0 Å². The molecule has 3 aromatic rings. The van der Waals surface area contributed by atoms with Gasteiger partial charge in [0.05, 0.1) is 22.6 Å². The standard InChI is InChI=1S/C21H19F3N4O/c1-2-19(29)26-12-11-16(13-26)28-18-6-4-3-5-17(18)27(20(28)25)15-9-7-14(8-10-15)21(22,23)24/h2-10,16,25H,1,11-13H2. The number of amides is 1. The Kier molecular flexibility index (Phi) is 4.56. The van der Waals surface area contributed by atoms with Crippen LogP contribution in [0.4, 0.5) is 13.2 Å². The summed E-state index contributed by atoms with van der Waals surface area (Å²) in [4.78, 5) is 13.6. The average molecular weight is 400 g/mol. The molecule has 5 nitrogen and oxygen atoms in total. The van der Waals surface area contributed by atoms with Crippen molar-refractivity contribution < 1.29 is 18.0 Å². The van der Waals surface area contributed by atoms with Gasteiger partial charge in [0.2, 0.25) is 11.5 Å². The first-order valence-electron chi connectivity index (χ1n) is 9.17. The normalized spacial score (nSPS) is 17.1. The van der Waals surface area contributed by atoms with Crippen LogP contribution in [0.5, 0.6) is 0 Å². The van der Waals surface area contributed by atoms with Gasteiger partial charge in [0.1, 0.15) is 0 Å². The van der Waals surface area contributed by atoms with E-state index in [1.807, 2.05) is 28.8 Å². The summed E-state index contributed by atoms with van der Waals surface area (Å²) < 4.78 is 42.2. The molecule has 29 heavy (non-hydrogen) atoms. The molecule has 0 aliphatic carbocycles. The molecular weight excluding hydrogens is 381 g/mol. The Morgan fingerprint density at radius 3 is 2.38 bits per heavy atom. The van der Waals surface area contributed by atoms with Crippen molar-refractivity contribution in [3.05, 3.63) is 72.4 Å². The predicted octanol–water partition coefficient (Wildman–Crippen LogP) is 3.89. The third kappa shape index (κ3) is 3.24. The highest BCUT2D eigenvalue weighted by molar-refractivity contribution is 5.87. The van der Waals surface area contributed by atoms with Crippen LogP contribution in [0, 0.1) is 5.41 Å². The molecule has 1 aliphatic rings. The molecule has 1 N–H and O–H groups in total. The minimum atomic E-state index is -4.41. The Morgan fingerprint density at radius 1 is 1.10 bits per heavy atom. The molecule has 1 aromatic heterocycles. The minimum absolute atomic E-state index is 0.0907. The van der Waals surface area contributed by atoms with Gasteiger partial charge in [0.15, 0.2) is 0 Å². The number of aromatic nitrogens is 2. The summed E-state index contributed by atoms with van der Waals surface area (Å²) in [7, 11) is 0. The molecule has 1 aliphatic heterocycles. The lowest BCUT2D eigenvalue weighted by molar-refractivity contribution is -0.137. The molecule has 150 valence electrons. The van der Waals surface area contributed by atoms with E-state index in [0.717, 1.165) is 23.2 Å². The van der Waals surface area contributed by atoms with Crippen LogP contribution in [0.1, 0.15) is 18.0 Å². The third-order valence-electron chi connectivity index (χ3n) is 5.29. The van der Waals surface area contributed by atoms with E-state index in [1.165, 1.54) is 18.2 Å². The van der Waals surface area contributed by atoms with Gasteiger partial charge in [-0.1, -0.05) is 18.7 Å². The second-order valence-corrected chi connectivity index (χ2v) is 6.99. The molecule has 2 aromatic carbocycles. The highest BCUT2D eigenvalue weighted by Crippen LogP contribution is 2.31. The van der Waals surface area contributed by atoms with Crippen LogP contribution in [0.25, 0.3) is 16.7 Å². The van der Waals surface area contributed by atoms with Crippen molar-refractivity contribution in [1.82, 2.24) is 14.0 Å². The summed E-state index contributed by atoms with van der Waals surface area (Å²) in [5.74, 6) is -0.147. The number of hydrogen-bond donors (Lipinski definition) is 1. The number of nitrogens with one attached hydrogen (secondary N) is 1. The second-order valence-electron chi connectivity index (χ2n) is 6.99. The molecule has 0 saturated carbocycles. The van der Waals surface area contributed by atoms with Crippen molar-refractivity contribution in [3.8, 4) is 5.69 Å². The lowest BCUT2D eigenvalue weighted by atomic mass is 10.2. The van der Waals surface area contributed by atoms with Gasteiger partial charge in [-0.3, -0.25) is 14.8 Å². The fraction of sp³-hybridized carbons (Fsp3) is 0.238. The first-order chi connectivity index (χ1) is 13.8. The maximum Gasteiger partial charge on any atom is 0.416 e. The summed E-state index contributed by atoms with van der Waals surface area (Å²) in [6.07, 6.45) is -2.44. The molecule has 1 saturated heterocycles. The van der Waals surface area contributed by atoms with Gasteiger partial charge in [0.25, 0.3) is 0 Å². The molecule has 0 radical (unpaired) electrons. The van der Waals surface area contributed by atoms with Gasteiger partial charge < -0.3 is 9.47 Å². The SMILES string of the molecule is C=CC(=O)N1CCC(n2c(=N)n(-c3ccc(C(F)(F)F)cc3)c3ccccc32)C1. The van der Waals surface area contributed by atoms with E-state index in [0.29, 0.717) is 25.2 Å². The Bertz CT molecular complexity index is 1140. The number of hydrogen-bond acceptors (Lipinski definition) is 2. The molecule has 1 fully saturated rings. The van der Waals surface area contributed by atoms with Gasteiger partial charge in [-0.05, 0) is 48.9 Å². The molecule has 1 unspecified atom stereocenters. The lowest BCUT2D eigenvalue weighted by Gasteiger charge is -2.16. The van der Waals surface area contributed by atoms with Gasteiger partial charge in [-0.25, -0.2) is 0 Å². The summed E-state index contributed by atoms with van der Waals surface area (Å²) in [6.45, 7) is 4.55. The minimum Gasteiger partial charge on any atom is -0.337 e. The van der Waals surface area contributed by atoms with Crippen molar-refractivity contribution in [2.45, 2.75) is 18.6 Å². The van der Waals surface area contributed by atoms with Crippen molar-refractivity contribution in [3.63, 3.8) is 0 Å². The van der Waals surface area contributed by atoms with Crippen molar-refractivity contribution in [2.75, 3.05) is 13.1 Å². The summed E-state index contributed by atoms with van der Waals surface area (Å²) in [5.41, 5.74) is 1.44. The Hall–Kier alpha value is -3.29. The van der Waals surface area contributed by atoms with Crippen LogP contribution in [0.3, 0.4) is 0 Å². The monoisotopic (exact) mass is 400 g/mol. The van der Waals surface area contributed by atoms with Crippen LogP contribution in [0.2, 0.25) is 0 Å². The first kappa shape index (κ1) is 19.0. The van der Waals surface area contributed by atoms with Crippen LogP contribution >= 0.6 is 0 Å². The quantitative estimate of drug-likeness (QED) is 0.667. The fourth-order valence-corrected chi connectivity index (χ4v) is 3.91. The van der Waals surface area contributed by atoms with Crippen LogP contribution < -0.4 is 5.62 Å². The molecule has 1 amide bonds. The Balaban J connectivity index is 1.81. The van der Waals surface area contributed by atoms with Crippen molar-refractivity contribution >= 4 is 16.9 Å². The van der Waals surface area contributed by atoms with Gasteiger partial charge >= 0.3 is 6.18 Å². The summed E-state index contributed by atoms with van der Waals surface area (Å²) in [6, 6.07) is 12.1.